The summed E-state index contributed by atoms with van der Waals surface area (Å²) in [5.74, 6) is -1.29. The van der Waals surface area contributed by atoms with Crippen molar-refractivity contribution in [3.8, 4) is 11.1 Å². The lowest BCUT2D eigenvalue weighted by molar-refractivity contribution is -0.142. The van der Waals surface area contributed by atoms with Gasteiger partial charge in [0.1, 0.15) is 17.9 Å². The minimum Gasteiger partial charge on any atom is -0.389 e. The Morgan fingerprint density at radius 3 is 2.45 bits per heavy atom. The van der Waals surface area contributed by atoms with Gasteiger partial charge in [0.2, 0.25) is 11.8 Å². The Morgan fingerprint density at radius 1 is 1.07 bits per heavy atom. The molecule has 2 heterocycles. The Morgan fingerprint density at radius 2 is 1.82 bits per heavy atom. The quantitative estimate of drug-likeness (QED) is 0.336. The van der Waals surface area contributed by atoms with Crippen LogP contribution in [0, 0.1) is 5.92 Å². The van der Waals surface area contributed by atoms with Crippen LogP contribution >= 0.6 is 0 Å². The van der Waals surface area contributed by atoms with E-state index in [-0.39, 0.29) is 29.9 Å². The highest BCUT2D eigenvalue weighted by Crippen LogP contribution is 2.23. The van der Waals surface area contributed by atoms with Gasteiger partial charge in [-0.2, -0.15) is 0 Å². The molecule has 2 aromatic rings. The number of aliphatic hydroxyl groups is 1. The van der Waals surface area contributed by atoms with Crippen LogP contribution < -0.4 is 16.1 Å². The number of benzene rings is 1. The van der Waals surface area contributed by atoms with E-state index in [1.165, 1.54) is 11.9 Å². The third-order valence-electron chi connectivity index (χ3n) is 7.07. The molecule has 4 N–H and O–H groups in total. The maximum absolute atomic E-state index is 13.0. The van der Waals surface area contributed by atoms with E-state index in [1.54, 1.807) is 20.0 Å². The van der Waals surface area contributed by atoms with Gasteiger partial charge >= 0.3 is 0 Å². The largest absolute Gasteiger partial charge is 0.389 e. The van der Waals surface area contributed by atoms with Gasteiger partial charge in [0, 0.05) is 30.4 Å². The van der Waals surface area contributed by atoms with E-state index >= 15 is 0 Å². The van der Waals surface area contributed by atoms with E-state index in [4.69, 9.17) is 0 Å². The molecule has 10 nitrogen and oxygen atoms in total. The number of aromatic nitrogens is 1. The van der Waals surface area contributed by atoms with Gasteiger partial charge in [0.05, 0.1) is 12.1 Å². The van der Waals surface area contributed by atoms with Crippen molar-refractivity contribution in [2.45, 2.75) is 84.5 Å². The van der Waals surface area contributed by atoms with Crippen molar-refractivity contribution in [1.29, 1.82) is 0 Å². The van der Waals surface area contributed by atoms with Crippen molar-refractivity contribution in [3.05, 3.63) is 53.9 Å². The zero-order valence-electron chi connectivity index (χ0n) is 23.9. The second kappa shape index (κ2) is 14.1. The molecule has 0 radical (unpaired) electrons. The summed E-state index contributed by atoms with van der Waals surface area (Å²) in [6, 6.07) is 9.39. The number of hydrogen-bond donors (Lipinski definition) is 4. The molecule has 10 heteroatoms. The number of aliphatic hydroxyl groups excluding tert-OH is 1. The van der Waals surface area contributed by atoms with Gasteiger partial charge in [-0.3, -0.25) is 29.2 Å². The third-order valence-corrected chi connectivity index (χ3v) is 7.07. The lowest BCUT2D eigenvalue weighted by Crippen LogP contribution is -2.60. The molecule has 0 spiro atoms. The molecule has 3 rings (SSSR count). The van der Waals surface area contributed by atoms with Crippen LogP contribution in [0.3, 0.4) is 0 Å². The molecule has 1 fully saturated rings. The molecule has 1 aromatic heterocycles. The summed E-state index contributed by atoms with van der Waals surface area (Å²) in [4.78, 5) is 54.8. The van der Waals surface area contributed by atoms with Gasteiger partial charge in [0.15, 0.2) is 0 Å². The first-order valence-corrected chi connectivity index (χ1v) is 13.9. The molecule has 0 aliphatic carbocycles. The van der Waals surface area contributed by atoms with Crippen molar-refractivity contribution in [3.63, 3.8) is 0 Å². The highest BCUT2D eigenvalue weighted by Gasteiger charge is 2.31. The maximum atomic E-state index is 13.0. The van der Waals surface area contributed by atoms with E-state index in [2.05, 4.69) is 21.0 Å². The number of pyridine rings is 1. The first-order valence-electron chi connectivity index (χ1n) is 13.9. The normalized spacial score (nSPS) is 17.6. The van der Waals surface area contributed by atoms with Crippen LogP contribution in [-0.2, 0) is 25.6 Å². The second-order valence-corrected chi connectivity index (χ2v) is 10.8. The summed E-state index contributed by atoms with van der Waals surface area (Å²) in [5.41, 5.74) is 6.37. The average Bonchev–Trinajstić information content (AvgIpc) is 2.94. The van der Waals surface area contributed by atoms with Gasteiger partial charge in [-0.15, -0.1) is 0 Å². The van der Waals surface area contributed by atoms with E-state index < -0.39 is 30.1 Å². The molecule has 216 valence electrons. The molecule has 0 saturated carbocycles. The Bertz CT molecular complexity index is 1200. The Labute approximate surface area is 235 Å². The molecule has 1 aliphatic heterocycles. The molecule has 3 amide bonds. The second-order valence-electron chi connectivity index (χ2n) is 10.8. The van der Waals surface area contributed by atoms with Crippen molar-refractivity contribution < 1.29 is 24.3 Å². The predicted molar refractivity (Wildman–Crippen MR) is 152 cm³/mol. The van der Waals surface area contributed by atoms with Gasteiger partial charge in [-0.25, -0.2) is 5.43 Å². The minimum atomic E-state index is -0.826. The highest BCUT2D eigenvalue weighted by atomic mass is 16.3. The van der Waals surface area contributed by atoms with Crippen molar-refractivity contribution in [2.24, 2.45) is 5.92 Å². The molecule has 1 saturated heterocycles. The molecular formula is C30H41N5O5. The van der Waals surface area contributed by atoms with Gasteiger partial charge in [0.25, 0.3) is 5.91 Å². The molecule has 4 atom stereocenters. The summed E-state index contributed by atoms with van der Waals surface area (Å²) >= 11 is 0. The van der Waals surface area contributed by atoms with E-state index in [1.807, 2.05) is 50.2 Å². The summed E-state index contributed by atoms with van der Waals surface area (Å²) in [7, 11) is 0. The molecule has 0 bridgehead atoms. The van der Waals surface area contributed by atoms with Gasteiger partial charge in [-0.1, -0.05) is 38.1 Å². The van der Waals surface area contributed by atoms with Crippen molar-refractivity contribution >= 4 is 23.5 Å². The average molecular weight is 552 g/mol. The lowest BCUT2D eigenvalue weighted by Gasteiger charge is -2.34. The highest BCUT2D eigenvalue weighted by molar-refractivity contribution is 5.92. The number of aryl methyl sites for hydroxylation is 1. The van der Waals surface area contributed by atoms with Crippen LogP contribution in [0.1, 0.15) is 71.2 Å². The number of amides is 3. The standard InChI is InChI=1S/C30H41N5O5/c1-18(2)28(29(39)32-19(3)30(40)35-15-7-10-26(34-35)21(5)37)33-27(38)14-13-25-12-11-24(17-31-25)23-9-6-8-22(16-23)20(4)36/h6,8-9,11-12,16-20,26,28,34,36H,7,10,13-15H2,1-5H3,(H,32,39)(H,33,38)/t19-,20+,26-,28-/m0/s1. The number of rotatable bonds is 11. The first kappa shape index (κ1) is 30.9. The maximum Gasteiger partial charge on any atom is 0.258 e. The number of ketones is 1. The number of nitrogens with one attached hydrogen (secondary N) is 3. The van der Waals surface area contributed by atoms with E-state index in [0.29, 0.717) is 25.8 Å². The smallest absolute Gasteiger partial charge is 0.258 e. The number of Topliss-reactive ketones (excluding diaryl/α,β-unsaturated/α-hetero) is 1. The number of nitrogens with zero attached hydrogens (tertiary/aromatic N) is 2. The third kappa shape index (κ3) is 8.43. The molecular weight excluding hydrogens is 510 g/mol. The summed E-state index contributed by atoms with van der Waals surface area (Å²) in [6.45, 7) is 8.90. The molecule has 1 aromatic carbocycles. The monoisotopic (exact) mass is 551 g/mol. The fourth-order valence-corrected chi connectivity index (χ4v) is 4.58. The van der Waals surface area contributed by atoms with Crippen LogP contribution in [0.15, 0.2) is 42.6 Å². The van der Waals surface area contributed by atoms with Crippen molar-refractivity contribution in [2.75, 3.05) is 6.54 Å². The lowest BCUT2D eigenvalue weighted by atomic mass is 10.0. The predicted octanol–water partition coefficient (Wildman–Crippen LogP) is 2.46. The Hall–Kier alpha value is -3.63. The van der Waals surface area contributed by atoms with Crippen LogP contribution in [0.5, 0.6) is 0 Å². The number of carbonyl (C=O) groups excluding carboxylic acids is 4. The van der Waals surface area contributed by atoms with Crippen LogP contribution in [0.25, 0.3) is 11.1 Å². The summed E-state index contributed by atoms with van der Waals surface area (Å²) in [6.07, 6.45) is 3.10. The Balaban J connectivity index is 1.52. The van der Waals surface area contributed by atoms with E-state index in [0.717, 1.165) is 22.4 Å². The topological polar surface area (TPSA) is 141 Å². The molecule has 1 aliphatic rings. The zero-order valence-corrected chi connectivity index (χ0v) is 23.9. The molecule has 40 heavy (non-hydrogen) atoms. The fraction of sp³-hybridized carbons (Fsp3) is 0.500. The number of hydrazine groups is 1. The van der Waals surface area contributed by atoms with Crippen LogP contribution in [0.2, 0.25) is 0 Å². The van der Waals surface area contributed by atoms with Crippen LogP contribution in [-0.4, -0.2) is 63.3 Å². The minimum absolute atomic E-state index is 0.0367. The van der Waals surface area contributed by atoms with Gasteiger partial charge in [-0.05, 0) is 69.2 Å². The van der Waals surface area contributed by atoms with Crippen LogP contribution in [0.4, 0.5) is 0 Å². The first-order chi connectivity index (χ1) is 19.0. The zero-order chi connectivity index (χ0) is 29.4. The summed E-state index contributed by atoms with van der Waals surface area (Å²) < 4.78 is 0. The van der Waals surface area contributed by atoms with E-state index in [9.17, 15) is 24.3 Å². The Kier molecular flexibility index (Phi) is 10.9. The fourth-order valence-electron chi connectivity index (χ4n) is 4.58. The van der Waals surface area contributed by atoms with Crippen molar-refractivity contribution in [1.82, 2.24) is 26.1 Å². The number of carbonyl (C=O) groups is 4. The molecule has 0 unspecified atom stereocenters. The SMILES string of the molecule is CC(=O)[C@@H]1CCCN(C(=O)[C@H](C)NC(=O)[C@@H](NC(=O)CCc2ccc(-c3cccc([C@@H](C)O)c3)cn2)C(C)C)N1. The number of hydrogen-bond acceptors (Lipinski definition) is 7. The van der Waals surface area contributed by atoms with Gasteiger partial charge < -0.3 is 15.7 Å². The summed E-state index contributed by atoms with van der Waals surface area (Å²) in [5, 5.41) is 16.7.